The second-order valence-corrected chi connectivity index (χ2v) is 3.53. The quantitative estimate of drug-likeness (QED) is 0.789. The Morgan fingerprint density at radius 1 is 1.60 bits per heavy atom. The van der Waals surface area contributed by atoms with E-state index in [1.807, 2.05) is 25.4 Å². The number of rotatable bonds is 2. The van der Waals surface area contributed by atoms with Crippen molar-refractivity contribution >= 4 is 34.1 Å². The third-order valence-electron chi connectivity index (χ3n) is 2.02. The van der Waals surface area contributed by atoms with E-state index in [2.05, 4.69) is 10.4 Å². The van der Waals surface area contributed by atoms with Gasteiger partial charge in [0.25, 0.3) is 0 Å². The molecule has 78 valence electrons. The Balaban J connectivity index is 2.33. The number of benzene rings is 1. The second kappa shape index (κ2) is 3.90. The second-order valence-electron chi connectivity index (χ2n) is 3.26. The van der Waals surface area contributed by atoms with E-state index in [1.165, 1.54) is 0 Å². The van der Waals surface area contributed by atoms with Gasteiger partial charge in [0.15, 0.2) is 0 Å². The lowest BCUT2D eigenvalue weighted by molar-refractivity contribution is -0.113. The first-order valence-corrected chi connectivity index (χ1v) is 5.02. The van der Waals surface area contributed by atoms with Crippen molar-refractivity contribution in [2.75, 3.05) is 11.2 Å². The van der Waals surface area contributed by atoms with Crippen molar-refractivity contribution in [3.05, 3.63) is 24.4 Å². The summed E-state index contributed by atoms with van der Waals surface area (Å²) in [6.45, 7) is 0. The number of aryl methyl sites for hydroxylation is 1. The highest BCUT2D eigenvalue weighted by atomic mass is 35.5. The fourth-order valence-electron chi connectivity index (χ4n) is 1.42. The Morgan fingerprint density at radius 3 is 3.13 bits per heavy atom. The van der Waals surface area contributed by atoms with E-state index in [0.717, 1.165) is 16.6 Å². The molecule has 1 heterocycles. The molecule has 0 atom stereocenters. The highest BCUT2D eigenvalue weighted by Gasteiger charge is 2.02. The zero-order valence-electron chi connectivity index (χ0n) is 8.20. The highest BCUT2D eigenvalue weighted by molar-refractivity contribution is 6.29. The summed E-state index contributed by atoms with van der Waals surface area (Å²) in [4.78, 5) is 11.1. The number of carbonyl (C=O) groups excluding carboxylic acids is 1. The summed E-state index contributed by atoms with van der Waals surface area (Å²) in [7, 11) is 1.86. The molecule has 0 aliphatic heterocycles. The normalized spacial score (nSPS) is 10.5. The molecular formula is C10H10ClN3O. The molecule has 0 unspecified atom stereocenters. The average molecular weight is 224 g/mol. The Bertz CT molecular complexity index is 506. The van der Waals surface area contributed by atoms with Gasteiger partial charge in [-0.3, -0.25) is 9.48 Å². The van der Waals surface area contributed by atoms with Crippen LogP contribution in [0, 0.1) is 0 Å². The zero-order chi connectivity index (χ0) is 10.8. The summed E-state index contributed by atoms with van der Waals surface area (Å²) >= 11 is 5.40. The smallest absolute Gasteiger partial charge is 0.239 e. The van der Waals surface area contributed by atoms with Crippen molar-refractivity contribution in [2.45, 2.75) is 0 Å². The van der Waals surface area contributed by atoms with E-state index in [9.17, 15) is 4.79 Å². The largest absolute Gasteiger partial charge is 0.325 e. The monoisotopic (exact) mass is 223 g/mol. The molecule has 15 heavy (non-hydrogen) atoms. The van der Waals surface area contributed by atoms with Crippen LogP contribution in [0.1, 0.15) is 0 Å². The number of carbonyl (C=O) groups is 1. The lowest BCUT2D eigenvalue weighted by Crippen LogP contribution is -2.12. The van der Waals surface area contributed by atoms with E-state index in [-0.39, 0.29) is 11.8 Å². The lowest BCUT2D eigenvalue weighted by Gasteiger charge is -2.01. The number of fused-ring (bicyclic) bond motifs is 1. The fourth-order valence-corrected chi connectivity index (χ4v) is 1.49. The van der Waals surface area contributed by atoms with Gasteiger partial charge in [0.1, 0.15) is 5.88 Å². The van der Waals surface area contributed by atoms with Gasteiger partial charge in [0, 0.05) is 24.3 Å². The van der Waals surface area contributed by atoms with E-state index in [4.69, 9.17) is 11.6 Å². The molecule has 0 saturated carbocycles. The van der Waals surface area contributed by atoms with Crippen molar-refractivity contribution in [1.82, 2.24) is 9.78 Å². The molecule has 0 fully saturated rings. The van der Waals surface area contributed by atoms with Crippen molar-refractivity contribution in [1.29, 1.82) is 0 Å². The molecule has 1 N–H and O–H groups in total. The number of aromatic nitrogens is 2. The number of nitrogens with zero attached hydrogens (tertiary/aromatic N) is 2. The topological polar surface area (TPSA) is 46.9 Å². The van der Waals surface area contributed by atoms with Crippen LogP contribution < -0.4 is 5.32 Å². The fraction of sp³-hybridized carbons (Fsp3) is 0.200. The van der Waals surface area contributed by atoms with Gasteiger partial charge in [0.05, 0.1) is 5.52 Å². The van der Waals surface area contributed by atoms with Gasteiger partial charge in [0.2, 0.25) is 5.91 Å². The molecule has 1 aromatic carbocycles. The molecule has 0 radical (unpaired) electrons. The van der Waals surface area contributed by atoms with E-state index < -0.39 is 0 Å². The van der Waals surface area contributed by atoms with Gasteiger partial charge in [-0.2, -0.15) is 5.10 Å². The summed E-state index contributed by atoms with van der Waals surface area (Å²) in [5, 5.41) is 7.91. The molecule has 0 aliphatic carbocycles. The van der Waals surface area contributed by atoms with Crippen molar-refractivity contribution in [3.63, 3.8) is 0 Å². The van der Waals surface area contributed by atoms with E-state index >= 15 is 0 Å². The van der Waals surface area contributed by atoms with Crippen LogP contribution in [0.5, 0.6) is 0 Å². The molecule has 0 spiro atoms. The molecule has 2 aromatic rings. The molecular weight excluding hydrogens is 214 g/mol. The molecule has 1 amide bonds. The minimum absolute atomic E-state index is 0.0366. The summed E-state index contributed by atoms with van der Waals surface area (Å²) < 4.78 is 1.73. The van der Waals surface area contributed by atoms with Crippen LogP contribution >= 0.6 is 11.6 Å². The van der Waals surface area contributed by atoms with Gasteiger partial charge in [-0.1, -0.05) is 0 Å². The number of alkyl halides is 1. The number of hydrogen-bond acceptors (Lipinski definition) is 2. The molecule has 2 rings (SSSR count). The van der Waals surface area contributed by atoms with Crippen LogP contribution in [0.4, 0.5) is 5.69 Å². The zero-order valence-corrected chi connectivity index (χ0v) is 8.95. The van der Waals surface area contributed by atoms with Crippen LogP contribution in [0.2, 0.25) is 0 Å². The van der Waals surface area contributed by atoms with Crippen LogP contribution in [0.15, 0.2) is 24.4 Å². The summed E-state index contributed by atoms with van der Waals surface area (Å²) in [5.41, 5.74) is 1.64. The molecule has 0 aliphatic rings. The van der Waals surface area contributed by atoms with Gasteiger partial charge in [-0.25, -0.2) is 0 Å². The van der Waals surface area contributed by atoms with Gasteiger partial charge in [-0.15, -0.1) is 11.6 Å². The minimum Gasteiger partial charge on any atom is -0.325 e. The Kier molecular flexibility index (Phi) is 2.60. The Hall–Kier alpha value is -1.55. The average Bonchev–Trinajstić information content (AvgIpc) is 2.57. The van der Waals surface area contributed by atoms with Crippen molar-refractivity contribution < 1.29 is 4.79 Å². The van der Waals surface area contributed by atoms with Crippen molar-refractivity contribution in [2.24, 2.45) is 7.05 Å². The number of anilines is 1. The lowest BCUT2D eigenvalue weighted by atomic mass is 10.2. The van der Waals surface area contributed by atoms with Crippen molar-refractivity contribution in [3.8, 4) is 0 Å². The van der Waals surface area contributed by atoms with Gasteiger partial charge in [-0.05, 0) is 18.2 Å². The molecule has 1 aromatic heterocycles. The maximum absolute atomic E-state index is 11.1. The first kappa shape index (κ1) is 9.98. The third-order valence-corrected chi connectivity index (χ3v) is 2.27. The van der Waals surface area contributed by atoms with Crippen LogP contribution in [-0.4, -0.2) is 21.6 Å². The van der Waals surface area contributed by atoms with Gasteiger partial charge >= 0.3 is 0 Å². The van der Waals surface area contributed by atoms with E-state index in [0.29, 0.717) is 0 Å². The Labute approximate surface area is 91.8 Å². The first-order chi connectivity index (χ1) is 7.19. The third kappa shape index (κ3) is 2.10. The summed E-state index contributed by atoms with van der Waals surface area (Å²) in [5.74, 6) is -0.245. The maximum atomic E-state index is 11.1. The first-order valence-electron chi connectivity index (χ1n) is 4.48. The molecule has 4 nitrogen and oxygen atoms in total. The molecule has 0 saturated heterocycles. The predicted octanol–water partition coefficient (Wildman–Crippen LogP) is 1.75. The summed E-state index contributed by atoms with van der Waals surface area (Å²) in [6.07, 6.45) is 1.89. The number of hydrogen-bond donors (Lipinski definition) is 1. The summed E-state index contributed by atoms with van der Waals surface area (Å²) in [6, 6.07) is 5.53. The molecule has 5 heteroatoms. The number of nitrogens with one attached hydrogen (secondary N) is 1. The Morgan fingerprint density at radius 2 is 2.40 bits per heavy atom. The molecule has 0 bridgehead atoms. The van der Waals surface area contributed by atoms with Crippen LogP contribution in [0.3, 0.4) is 0 Å². The minimum atomic E-state index is -0.208. The predicted molar refractivity (Wildman–Crippen MR) is 60.1 cm³/mol. The maximum Gasteiger partial charge on any atom is 0.239 e. The SMILES string of the molecule is Cn1cc2cc(NC(=O)CCl)ccc2n1. The number of amides is 1. The van der Waals surface area contributed by atoms with E-state index in [1.54, 1.807) is 10.7 Å². The van der Waals surface area contributed by atoms with Crippen LogP contribution in [0.25, 0.3) is 10.9 Å². The van der Waals surface area contributed by atoms with Crippen LogP contribution in [-0.2, 0) is 11.8 Å². The highest BCUT2D eigenvalue weighted by Crippen LogP contribution is 2.17. The van der Waals surface area contributed by atoms with Gasteiger partial charge < -0.3 is 5.32 Å². The standard InChI is InChI=1S/C10H10ClN3O/c1-14-6-7-4-8(12-10(15)5-11)2-3-9(7)13-14/h2-4,6H,5H2,1H3,(H,12,15). The number of halogens is 1.